The summed E-state index contributed by atoms with van der Waals surface area (Å²) < 4.78 is 44.6. The van der Waals surface area contributed by atoms with Gasteiger partial charge in [-0.3, -0.25) is 0 Å². The van der Waals surface area contributed by atoms with Crippen LogP contribution < -0.4 is 18.9 Å². The van der Waals surface area contributed by atoms with Crippen LogP contribution in [0.2, 0.25) is 0 Å². The molecule has 1 heterocycles. The van der Waals surface area contributed by atoms with E-state index in [0.717, 1.165) is 21.1 Å². The Morgan fingerprint density at radius 1 is 0.886 bits per heavy atom. The molecular weight excluding hydrogens is 484 g/mol. The van der Waals surface area contributed by atoms with Crippen LogP contribution in [-0.4, -0.2) is 34.2 Å². The summed E-state index contributed by atoms with van der Waals surface area (Å²) in [6, 6.07) is 21.3. The Morgan fingerprint density at radius 2 is 1.57 bits per heavy atom. The van der Waals surface area contributed by atoms with E-state index >= 15 is 0 Å². The molecule has 35 heavy (non-hydrogen) atoms. The molecule has 3 aromatic carbocycles. The molecule has 4 rings (SSSR count). The van der Waals surface area contributed by atoms with Gasteiger partial charge in [0.15, 0.2) is 11.5 Å². The maximum Gasteiger partial charge on any atom is 0.240 e. The van der Waals surface area contributed by atoms with E-state index in [4.69, 9.17) is 14.2 Å². The van der Waals surface area contributed by atoms with Crippen molar-refractivity contribution in [3.05, 3.63) is 83.4 Å². The van der Waals surface area contributed by atoms with E-state index in [1.165, 1.54) is 23.5 Å². The van der Waals surface area contributed by atoms with Gasteiger partial charge in [-0.25, -0.2) is 18.1 Å². The van der Waals surface area contributed by atoms with Crippen molar-refractivity contribution >= 4 is 21.4 Å². The smallest absolute Gasteiger partial charge is 0.240 e. The van der Waals surface area contributed by atoms with Crippen LogP contribution in [0.5, 0.6) is 23.0 Å². The summed E-state index contributed by atoms with van der Waals surface area (Å²) in [5.74, 6) is 2.54. The quantitative estimate of drug-likeness (QED) is 0.305. The summed E-state index contributed by atoms with van der Waals surface area (Å²) in [4.78, 5) is 5.86. The predicted molar refractivity (Wildman–Crippen MR) is 137 cm³/mol. The van der Waals surface area contributed by atoms with Crippen LogP contribution in [0.3, 0.4) is 0 Å². The molecular formula is C26H26N2O5S2. The number of sulfonamides is 1. The largest absolute Gasteiger partial charge is 0.493 e. The molecule has 0 aliphatic rings. The van der Waals surface area contributed by atoms with E-state index in [0.29, 0.717) is 29.4 Å². The molecule has 0 atom stereocenters. The maximum atomic E-state index is 12.7. The average Bonchev–Trinajstić information content (AvgIpc) is 3.24. The molecule has 0 spiro atoms. The van der Waals surface area contributed by atoms with Gasteiger partial charge >= 0.3 is 0 Å². The van der Waals surface area contributed by atoms with Crippen molar-refractivity contribution in [3.8, 4) is 33.6 Å². The Balaban J connectivity index is 1.38. The first-order chi connectivity index (χ1) is 16.9. The van der Waals surface area contributed by atoms with Crippen molar-refractivity contribution in [1.82, 2.24) is 9.71 Å². The zero-order chi connectivity index (χ0) is 24.8. The number of ether oxygens (including phenoxy) is 3. The molecule has 4 aromatic rings. The van der Waals surface area contributed by atoms with Crippen molar-refractivity contribution in [2.75, 3.05) is 20.8 Å². The van der Waals surface area contributed by atoms with Crippen LogP contribution in [0.4, 0.5) is 0 Å². The van der Waals surface area contributed by atoms with E-state index in [1.54, 1.807) is 26.4 Å². The maximum absolute atomic E-state index is 12.7. The van der Waals surface area contributed by atoms with E-state index < -0.39 is 10.0 Å². The number of aryl methyl sites for hydroxylation is 1. The molecule has 182 valence electrons. The second kappa shape index (κ2) is 10.9. The summed E-state index contributed by atoms with van der Waals surface area (Å²) in [7, 11) is -0.459. The number of nitrogens with one attached hydrogen (secondary N) is 1. The van der Waals surface area contributed by atoms with Crippen molar-refractivity contribution in [2.24, 2.45) is 0 Å². The zero-order valence-electron chi connectivity index (χ0n) is 19.6. The Hall–Kier alpha value is -3.40. The second-order valence-corrected chi connectivity index (χ2v) is 10.5. The first-order valence-electron chi connectivity index (χ1n) is 10.9. The van der Waals surface area contributed by atoms with E-state index in [-0.39, 0.29) is 11.4 Å². The summed E-state index contributed by atoms with van der Waals surface area (Å²) in [5.41, 5.74) is 1.79. The molecule has 7 nitrogen and oxygen atoms in total. The van der Waals surface area contributed by atoms with Crippen molar-refractivity contribution < 1.29 is 22.6 Å². The second-order valence-electron chi connectivity index (χ2n) is 7.63. The Kier molecular flexibility index (Phi) is 7.70. The monoisotopic (exact) mass is 510 g/mol. The Labute approximate surface area is 209 Å². The lowest BCUT2D eigenvalue weighted by Crippen LogP contribution is -2.25. The number of para-hydroxylation sites is 1. The van der Waals surface area contributed by atoms with Crippen molar-refractivity contribution in [2.45, 2.75) is 18.2 Å². The van der Waals surface area contributed by atoms with E-state index in [1.807, 2.05) is 55.5 Å². The van der Waals surface area contributed by atoms with Gasteiger partial charge in [0.25, 0.3) is 0 Å². The van der Waals surface area contributed by atoms with Gasteiger partial charge in [-0.2, -0.15) is 0 Å². The minimum absolute atomic E-state index is 0.185. The van der Waals surface area contributed by atoms with Crippen LogP contribution in [-0.2, 0) is 16.4 Å². The lowest BCUT2D eigenvalue weighted by molar-refractivity contribution is 0.355. The fourth-order valence-electron chi connectivity index (χ4n) is 3.45. The van der Waals surface area contributed by atoms with Gasteiger partial charge in [-0.1, -0.05) is 18.2 Å². The third-order valence-electron chi connectivity index (χ3n) is 5.28. The molecule has 0 aliphatic heterocycles. The Morgan fingerprint density at radius 3 is 2.26 bits per heavy atom. The summed E-state index contributed by atoms with van der Waals surface area (Å²) in [6.07, 6.45) is 0.533. The number of aromatic nitrogens is 1. The first-order valence-corrected chi connectivity index (χ1v) is 13.2. The summed E-state index contributed by atoms with van der Waals surface area (Å²) in [6.45, 7) is 2.19. The molecule has 0 saturated carbocycles. The number of rotatable bonds is 10. The van der Waals surface area contributed by atoms with Crippen LogP contribution >= 0.6 is 11.3 Å². The van der Waals surface area contributed by atoms with Crippen LogP contribution in [0.1, 0.15) is 10.6 Å². The normalized spacial score (nSPS) is 11.3. The average molecular weight is 511 g/mol. The topological polar surface area (TPSA) is 86.8 Å². The van der Waals surface area contributed by atoms with E-state index in [2.05, 4.69) is 9.71 Å². The van der Waals surface area contributed by atoms with Crippen LogP contribution in [0, 0.1) is 6.92 Å². The molecule has 0 amide bonds. The molecule has 0 unspecified atom stereocenters. The molecule has 0 radical (unpaired) electrons. The lowest BCUT2D eigenvalue weighted by atomic mass is 10.2. The molecule has 1 N–H and O–H groups in total. The van der Waals surface area contributed by atoms with Gasteiger partial charge in [0, 0.05) is 17.0 Å². The van der Waals surface area contributed by atoms with Crippen molar-refractivity contribution in [1.29, 1.82) is 0 Å². The third kappa shape index (κ3) is 6.00. The van der Waals surface area contributed by atoms with Gasteiger partial charge in [0.05, 0.1) is 24.8 Å². The van der Waals surface area contributed by atoms with Gasteiger partial charge in [-0.15, -0.1) is 11.3 Å². The number of thiazole rings is 1. The molecule has 0 saturated heterocycles. The minimum atomic E-state index is -3.65. The first kappa shape index (κ1) is 24.7. The van der Waals surface area contributed by atoms with Gasteiger partial charge in [0.1, 0.15) is 16.5 Å². The standard InChI is InChI=1S/C26H26N2O5S2/c1-18-25(34-26(28-18)19-9-14-23(31-2)24(17-19)32-3)15-16-27-35(29,30)22-12-10-21(11-13-22)33-20-7-5-4-6-8-20/h4-14,17,27H,15-16H2,1-3H3. The fourth-order valence-corrected chi connectivity index (χ4v) is 5.54. The predicted octanol–water partition coefficient (Wildman–Crippen LogP) is 5.45. The minimum Gasteiger partial charge on any atom is -0.493 e. The molecule has 0 aliphatic carbocycles. The third-order valence-corrected chi connectivity index (χ3v) is 8.02. The SMILES string of the molecule is COc1ccc(-c2nc(C)c(CCNS(=O)(=O)c3ccc(Oc4ccccc4)cc3)s2)cc1OC. The molecule has 9 heteroatoms. The van der Waals surface area contributed by atoms with Gasteiger partial charge in [-0.05, 0) is 67.9 Å². The highest BCUT2D eigenvalue weighted by Gasteiger charge is 2.16. The molecule has 0 bridgehead atoms. The molecule has 0 fully saturated rings. The zero-order valence-corrected chi connectivity index (χ0v) is 21.3. The number of benzene rings is 3. The lowest BCUT2D eigenvalue weighted by Gasteiger charge is -2.09. The number of hydrogen-bond acceptors (Lipinski definition) is 7. The van der Waals surface area contributed by atoms with Crippen LogP contribution in [0.25, 0.3) is 10.6 Å². The van der Waals surface area contributed by atoms with E-state index in [9.17, 15) is 8.42 Å². The van der Waals surface area contributed by atoms with Gasteiger partial charge in [0.2, 0.25) is 10.0 Å². The summed E-state index contributed by atoms with van der Waals surface area (Å²) >= 11 is 1.54. The highest BCUT2D eigenvalue weighted by atomic mass is 32.2. The number of hydrogen-bond donors (Lipinski definition) is 1. The highest BCUT2D eigenvalue weighted by molar-refractivity contribution is 7.89. The Bertz CT molecular complexity index is 1390. The van der Waals surface area contributed by atoms with Crippen molar-refractivity contribution in [3.63, 3.8) is 0 Å². The van der Waals surface area contributed by atoms with Gasteiger partial charge < -0.3 is 14.2 Å². The fraction of sp³-hybridized carbons (Fsp3) is 0.192. The summed E-state index contributed by atoms with van der Waals surface area (Å²) in [5, 5.41) is 0.843. The molecule has 1 aromatic heterocycles. The highest BCUT2D eigenvalue weighted by Crippen LogP contribution is 2.35. The van der Waals surface area contributed by atoms with Crippen LogP contribution in [0.15, 0.2) is 77.7 Å². The number of nitrogens with zero attached hydrogens (tertiary/aromatic N) is 1. The number of methoxy groups -OCH3 is 2.